The molecule has 0 saturated carbocycles. The molecule has 0 aliphatic carbocycles. The van der Waals surface area contributed by atoms with Gasteiger partial charge >= 0.3 is 0 Å². The fourth-order valence-corrected chi connectivity index (χ4v) is 1.76. The van der Waals surface area contributed by atoms with Gasteiger partial charge in [0.1, 0.15) is 9.84 Å². The highest BCUT2D eigenvalue weighted by molar-refractivity contribution is 7.90. The van der Waals surface area contributed by atoms with Crippen molar-refractivity contribution in [1.82, 2.24) is 5.32 Å². The third-order valence-corrected chi connectivity index (χ3v) is 2.19. The average molecular weight is 176 g/mol. The van der Waals surface area contributed by atoms with Crippen LogP contribution >= 0.6 is 0 Å². The van der Waals surface area contributed by atoms with Gasteiger partial charge in [0, 0.05) is 12.3 Å². The van der Waals surface area contributed by atoms with Gasteiger partial charge in [-0.05, 0) is 6.92 Å². The van der Waals surface area contributed by atoms with Crippen molar-refractivity contribution in [2.45, 2.75) is 13.0 Å². The van der Waals surface area contributed by atoms with Crippen molar-refractivity contribution in [2.75, 3.05) is 18.6 Å². The molecule has 1 unspecified atom stereocenters. The van der Waals surface area contributed by atoms with E-state index in [1.165, 1.54) is 6.26 Å². The van der Waals surface area contributed by atoms with Gasteiger partial charge in [-0.2, -0.15) is 5.26 Å². The molecule has 0 rings (SSSR count). The van der Waals surface area contributed by atoms with Gasteiger partial charge in [0.2, 0.25) is 0 Å². The first-order valence-corrected chi connectivity index (χ1v) is 5.30. The van der Waals surface area contributed by atoms with E-state index in [-0.39, 0.29) is 18.3 Å². The number of hydrogen-bond acceptors (Lipinski definition) is 4. The molecule has 1 N–H and O–H groups in total. The van der Waals surface area contributed by atoms with Gasteiger partial charge in [0.05, 0.1) is 18.4 Å². The van der Waals surface area contributed by atoms with Gasteiger partial charge in [-0.25, -0.2) is 8.42 Å². The molecule has 0 aliphatic rings. The van der Waals surface area contributed by atoms with Crippen molar-refractivity contribution in [3.63, 3.8) is 0 Å². The van der Waals surface area contributed by atoms with Crippen LogP contribution in [0.5, 0.6) is 0 Å². The van der Waals surface area contributed by atoms with Crippen LogP contribution in [0, 0.1) is 11.3 Å². The van der Waals surface area contributed by atoms with E-state index in [1.807, 2.05) is 6.07 Å². The minimum atomic E-state index is -2.93. The van der Waals surface area contributed by atoms with Crippen molar-refractivity contribution in [3.8, 4) is 6.07 Å². The van der Waals surface area contributed by atoms with Crippen LogP contribution in [0.25, 0.3) is 0 Å². The molecule has 0 radical (unpaired) electrons. The Balaban J connectivity index is 3.72. The minimum Gasteiger partial charge on any atom is -0.301 e. The second-order valence-corrected chi connectivity index (χ2v) is 4.72. The predicted octanol–water partition coefficient (Wildman–Crippen LogP) is -0.467. The molecule has 0 aromatic heterocycles. The third kappa shape index (κ3) is 7.30. The molecule has 1 atom stereocenters. The summed E-state index contributed by atoms with van der Waals surface area (Å²) in [6.07, 6.45) is 1.18. The first-order valence-electron chi connectivity index (χ1n) is 3.24. The maximum Gasteiger partial charge on any atom is 0.148 e. The highest BCUT2D eigenvalue weighted by Gasteiger charge is 2.08. The Bertz CT molecular complexity index is 240. The molecule has 0 heterocycles. The zero-order valence-electron chi connectivity index (χ0n) is 6.66. The third-order valence-electron chi connectivity index (χ3n) is 1.08. The molecule has 11 heavy (non-hydrogen) atoms. The fourth-order valence-electron chi connectivity index (χ4n) is 0.733. The summed E-state index contributed by atoms with van der Waals surface area (Å²) in [5.74, 6) is 0.0781. The molecule has 0 spiro atoms. The summed E-state index contributed by atoms with van der Waals surface area (Å²) in [5.41, 5.74) is 0. The lowest BCUT2D eigenvalue weighted by Crippen LogP contribution is -2.32. The zero-order chi connectivity index (χ0) is 8.91. The lowest BCUT2D eigenvalue weighted by atomic mass is 10.4. The molecule has 0 fully saturated rings. The summed E-state index contributed by atoms with van der Waals surface area (Å²) in [4.78, 5) is 0. The number of rotatable bonds is 4. The predicted molar refractivity (Wildman–Crippen MR) is 42.8 cm³/mol. The highest BCUT2D eigenvalue weighted by atomic mass is 32.2. The fraction of sp³-hybridized carbons (Fsp3) is 0.833. The van der Waals surface area contributed by atoms with E-state index in [0.717, 1.165) is 0 Å². The van der Waals surface area contributed by atoms with Crippen LogP contribution in [-0.2, 0) is 9.84 Å². The molecule has 64 valence electrons. The van der Waals surface area contributed by atoms with Crippen LogP contribution in [0.2, 0.25) is 0 Å². The summed E-state index contributed by atoms with van der Waals surface area (Å²) in [5, 5.41) is 10.9. The van der Waals surface area contributed by atoms with E-state index in [0.29, 0.717) is 0 Å². The largest absolute Gasteiger partial charge is 0.301 e. The summed E-state index contributed by atoms with van der Waals surface area (Å²) in [6.45, 7) is 1.93. The normalized spacial score (nSPS) is 13.9. The standard InChI is InChI=1S/C6H12N2O2S/c1-6(8-4-3-7)5-11(2,9)10/h6,8H,4-5H2,1-2H3. The van der Waals surface area contributed by atoms with Crippen molar-refractivity contribution < 1.29 is 8.42 Å². The second-order valence-electron chi connectivity index (χ2n) is 2.53. The topological polar surface area (TPSA) is 70.0 Å². The number of nitrogens with one attached hydrogen (secondary N) is 1. The Hall–Kier alpha value is -0.600. The van der Waals surface area contributed by atoms with E-state index in [1.54, 1.807) is 6.92 Å². The van der Waals surface area contributed by atoms with Gasteiger partial charge in [0.15, 0.2) is 0 Å². The van der Waals surface area contributed by atoms with Gasteiger partial charge < -0.3 is 5.32 Å². The van der Waals surface area contributed by atoms with Crippen LogP contribution in [0.4, 0.5) is 0 Å². The van der Waals surface area contributed by atoms with Crippen LogP contribution in [0.1, 0.15) is 6.92 Å². The quantitative estimate of drug-likeness (QED) is 0.588. The van der Waals surface area contributed by atoms with Gasteiger partial charge in [-0.3, -0.25) is 0 Å². The Labute approximate surface area is 67.1 Å². The summed E-state index contributed by atoms with van der Waals surface area (Å²) in [6, 6.07) is 1.73. The molecular weight excluding hydrogens is 164 g/mol. The van der Waals surface area contributed by atoms with Crippen molar-refractivity contribution in [2.24, 2.45) is 0 Å². The van der Waals surface area contributed by atoms with E-state index in [9.17, 15) is 8.42 Å². The van der Waals surface area contributed by atoms with Crippen molar-refractivity contribution in [3.05, 3.63) is 0 Å². The molecule has 0 aromatic rings. The summed E-state index contributed by atoms with van der Waals surface area (Å²) >= 11 is 0. The lowest BCUT2D eigenvalue weighted by Gasteiger charge is -2.08. The molecule has 0 aromatic carbocycles. The maximum absolute atomic E-state index is 10.7. The van der Waals surface area contributed by atoms with E-state index >= 15 is 0 Å². The molecular formula is C6H12N2O2S. The van der Waals surface area contributed by atoms with Crippen LogP contribution in [0.3, 0.4) is 0 Å². The molecule has 0 bridgehead atoms. The molecule has 4 nitrogen and oxygen atoms in total. The monoisotopic (exact) mass is 176 g/mol. The molecule has 5 heteroatoms. The average Bonchev–Trinajstić information content (AvgIpc) is 1.79. The smallest absolute Gasteiger partial charge is 0.148 e. The van der Waals surface area contributed by atoms with Crippen LogP contribution < -0.4 is 5.32 Å². The van der Waals surface area contributed by atoms with Crippen molar-refractivity contribution >= 4 is 9.84 Å². The number of nitriles is 1. The first-order chi connectivity index (χ1) is 4.95. The summed E-state index contributed by atoms with van der Waals surface area (Å²) < 4.78 is 21.4. The van der Waals surface area contributed by atoms with Gasteiger partial charge in [-0.15, -0.1) is 0 Å². The molecule has 0 saturated heterocycles. The Kier molecular flexibility index (Phi) is 4.08. The van der Waals surface area contributed by atoms with E-state index in [2.05, 4.69) is 5.32 Å². The minimum absolute atomic E-state index is 0.0781. The van der Waals surface area contributed by atoms with Crippen LogP contribution in [0.15, 0.2) is 0 Å². The SMILES string of the molecule is CC(CS(C)(=O)=O)NCC#N. The number of sulfone groups is 1. The number of nitrogens with zero attached hydrogens (tertiary/aromatic N) is 1. The first kappa shape index (κ1) is 10.4. The molecule has 0 aliphatic heterocycles. The Morgan fingerprint density at radius 1 is 1.64 bits per heavy atom. The van der Waals surface area contributed by atoms with Gasteiger partial charge in [0.25, 0.3) is 0 Å². The van der Waals surface area contributed by atoms with E-state index in [4.69, 9.17) is 5.26 Å². The molecule has 0 amide bonds. The summed E-state index contributed by atoms with van der Waals surface area (Å²) in [7, 11) is -2.93. The maximum atomic E-state index is 10.7. The van der Waals surface area contributed by atoms with Crippen LogP contribution in [-0.4, -0.2) is 33.0 Å². The second kappa shape index (κ2) is 4.31. The lowest BCUT2D eigenvalue weighted by molar-refractivity contribution is 0.577. The van der Waals surface area contributed by atoms with E-state index < -0.39 is 9.84 Å². The number of hydrogen-bond donors (Lipinski definition) is 1. The van der Waals surface area contributed by atoms with Gasteiger partial charge in [-0.1, -0.05) is 0 Å². The Morgan fingerprint density at radius 2 is 2.18 bits per heavy atom. The zero-order valence-corrected chi connectivity index (χ0v) is 7.48. The Morgan fingerprint density at radius 3 is 2.55 bits per heavy atom. The highest BCUT2D eigenvalue weighted by Crippen LogP contribution is 1.88. The van der Waals surface area contributed by atoms with Crippen molar-refractivity contribution in [1.29, 1.82) is 5.26 Å².